The Bertz CT molecular complexity index is 818. The van der Waals surface area contributed by atoms with E-state index in [1.807, 2.05) is 0 Å². The third kappa shape index (κ3) is 2.29. The highest BCUT2D eigenvalue weighted by molar-refractivity contribution is 5.85. The molecule has 1 aliphatic rings. The molecule has 8 heteroatoms. The Morgan fingerprint density at radius 1 is 1.32 bits per heavy atom. The number of piperazine rings is 1. The second kappa shape index (κ2) is 5.69. The van der Waals surface area contributed by atoms with Gasteiger partial charge in [0.05, 0.1) is 6.54 Å². The number of fused-ring (bicyclic) bond motifs is 1. The van der Waals surface area contributed by atoms with Crippen molar-refractivity contribution in [1.29, 1.82) is 0 Å². The standard InChI is InChI=1S/C14H19N7O/c1-3-4-7-21-10-11(19(2)14(21)22)17-13(15)18-12(10)20-8-5-16-6-9-20/h16H,5-9H2,1-2H3,(H2,15,17,18). The van der Waals surface area contributed by atoms with E-state index in [-0.39, 0.29) is 11.6 Å². The van der Waals surface area contributed by atoms with Gasteiger partial charge in [-0.3, -0.25) is 9.13 Å². The fourth-order valence-electron chi connectivity index (χ4n) is 2.69. The summed E-state index contributed by atoms with van der Waals surface area (Å²) in [5.74, 6) is 6.64. The molecule has 1 saturated heterocycles. The number of nitrogens with two attached hydrogens (primary N) is 1. The lowest BCUT2D eigenvalue weighted by Gasteiger charge is -2.29. The van der Waals surface area contributed by atoms with Crippen LogP contribution in [0.25, 0.3) is 11.2 Å². The third-order valence-corrected chi connectivity index (χ3v) is 3.80. The number of imidazole rings is 1. The molecule has 3 rings (SSSR count). The van der Waals surface area contributed by atoms with Gasteiger partial charge in [0.15, 0.2) is 11.5 Å². The lowest BCUT2D eigenvalue weighted by atomic mass is 10.3. The monoisotopic (exact) mass is 301 g/mol. The zero-order valence-electron chi connectivity index (χ0n) is 12.8. The molecule has 3 heterocycles. The highest BCUT2D eigenvalue weighted by atomic mass is 16.1. The maximum Gasteiger partial charge on any atom is 0.331 e. The highest BCUT2D eigenvalue weighted by Gasteiger charge is 2.22. The molecule has 0 saturated carbocycles. The van der Waals surface area contributed by atoms with Crippen LogP contribution in [0.4, 0.5) is 11.8 Å². The van der Waals surface area contributed by atoms with Gasteiger partial charge in [-0.15, -0.1) is 5.92 Å². The normalized spacial score (nSPS) is 14.9. The van der Waals surface area contributed by atoms with Crippen molar-refractivity contribution in [1.82, 2.24) is 24.4 Å². The van der Waals surface area contributed by atoms with Crippen molar-refractivity contribution in [3.63, 3.8) is 0 Å². The van der Waals surface area contributed by atoms with Gasteiger partial charge in [0.25, 0.3) is 0 Å². The van der Waals surface area contributed by atoms with Gasteiger partial charge in [0.2, 0.25) is 5.95 Å². The molecule has 116 valence electrons. The van der Waals surface area contributed by atoms with Crippen molar-refractivity contribution < 1.29 is 0 Å². The first-order valence-corrected chi connectivity index (χ1v) is 7.21. The van der Waals surface area contributed by atoms with Crippen LogP contribution in [0.15, 0.2) is 4.79 Å². The molecule has 0 amide bonds. The second-order valence-corrected chi connectivity index (χ2v) is 5.17. The van der Waals surface area contributed by atoms with Gasteiger partial charge in [-0.05, 0) is 6.92 Å². The van der Waals surface area contributed by atoms with Crippen LogP contribution >= 0.6 is 0 Å². The first-order valence-electron chi connectivity index (χ1n) is 7.21. The van der Waals surface area contributed by atoms with Crippen LogP contribution in [-0.2, 0) is 13.6 Å². The van der Waals surface area contributed by atoms with Gasteiger partial charge in [0, 0.05) is 33.2 Å². The fraction of sp³-hybridized carbons (Fsp3) is 0.500. The molecule has 0 bridgehead atoms. The van der Waals surface area contributed by atoms with Crippen molar-refractivity contribution in [3.8, 4) is 11.8 Å². The van der Waals surface area contributed by atoms with Gasteiger partial charge in [-0.25, -0.2) is 4.79 Å². The Kier molecular flexibility index (Phi) is 3.73. The highest BCUT2D eigenvalue weighted by Crippen LogP contribution is 2.24. The number of anilines is 2. The summed E-state index contributed by atoms with van der Waals surface area (Å²) < 4.78 is 3.11. The predicted molar refractivity (Wildman–Crippen MR) is 85.7 cm³/mol. The van der Waals surface area contributed by atoms with Crippen LogP contribution in [0, 0.1) is 11.8 Å². The van der Waals surface area contributed by atoms with Crippen LogP contribution in [0.1, 0.15) is 6.92 Å². The van der Waals surface area contributed by atoms with Crippen LogP contribution in [-0.4, -0.2) is 45.3 Å². The molecule has 22 heavy (non-hydrogen) atoms. The van der Waals surface area contributed by atoms with Crippen LogP contribution < -0.4 is 21.6 Å². The second-order valence-electron chi connectivity index (χ2n) is 5.17. The van der Waals surface area contributed by atoms with E-state index < -0.39 is 0 Å². The maximum absolute atomic E-state index is 12.5. The summed E-state index contributed by atoms with van der Waals surface area (Å²) in [7, 11) is 1.69. The minimum Gasteiger partial charge on any atom is -0.368 e. The largest absolute Gasteiger partial charge is 0.368 e. The number of aryl methyl sites for hydroxylation is 1. The quantitative estimate of drug-likeness (QED) is 0.702. The summed E-state index contributed by atoms with van der Waals surface area (Å²) in [6.07, 6.45) is 0. The number of nitrogen functional groups attached to an aromatic ring is 1. The Balaban J connectivity index is 2.27. The van der Waals surface area contributed by atoms with Gasteiger partial charge in [-0.2, -0.15) is 9.97 Å². The van der Waals surface area contributed by atoms with Crippen molar-refractivity contribution >= 4 is 22.9 Å². The fourth-order valence-corrected chi connectivity index (χ4v) is 2.69. The van der Waals surface area contributed by atoms with E-state index in [1.165, 1.54) is 4.57 Å². The maximum atomic E-state index is 12.5. The molecule has 2 aromatic heterocycles. The molecular weight excluding hydrogens is 282 g/mol. The number of hydrogen-bond acceptors (Lipinski definition) is 6. The smallest absolute Gasteiger partial charge is 0.331 e. The Labute approximate surface area is 127 Å². The first-order chi connectivity index (χ1) is 10.6. The van der Waals surface area contributed by atoms with E-state index in [2.05, 4.69) is 32.0 Å². The number of hydrogen-bond donors (Lipinski definition) is 2. The molecule has 0 aromatic carbocycles. The van der Waals surface area contributed by atoms with E-state index in [0.29, 0.717) is 23.5 Å². The SMILES string of the molecule is CC#CCn1c(=O)n(C)c2nc(N)nc(N3CCNCC3)c21. The lowest BCUT2D eigenvalue weighted by molar-refractivity contribution is 0.585. The molecule has 1 aliphatic heterocycles. The van der Waals surface area contributed by atoms with Crippen molar-refractivity contribution in [3.05, 3.63) is 10.5 Å². The molecule has 3 N–H and O–H groups in total. The van der Waals surface area contributed by atoms with Crippen molar-refractivity contribution in [2.45, 2.75) is 13.5 Å². The van der Waals surface area contributed by atoms with Crippen molar-refractivity contribution in [2.24, 2.45) is 7.05 Å². The Morgan fingerprint density at radius 2 is 2.05 bits per heavy atom. The van der Waals surface area contributed by atoms with Gasteiger partial charge < -0.3 is 16.0 Å². The first kappa shape index (κ1) is 14.4. The summed E-state index contributed by atoms with van der Waals surface area (Å²) in [5, 5.41) is 3.30. The third-order valence-electron chi connectivity index (χ3n) is 3.80. The molecule has 2 aromatic rings. The minimum absolute atomic E-state index is 0.158. The summed E-state index contributed by atoms with van der Waals surface area (Å²) >= 11 is 0. The molecule has 8 nitrogen and oxygen atoms in total. The predicted octanol–water partition coefficient (Wildman–Crippen LogP) is -0.855. The van der Waals surface area contributed by atoms with Crippen LogP contribution in [0.3, 0.4) is 0 Å². The zero-order valence-corrected chi connectivity index (χ0v) is 12.8. The summed E-state index contributed by atoms with van der Waals surface area (Å²) in [4.78, 5) is 23.2. The van der Waals surface area contributed by atoms with E-state index >= 15 is 0 Å². The molecule has 0 atom stereocenters. The topological polar surface area (TPSA) is 94.0 Å². The molecule has 0 unspecified atom stereocenters. The number of nitrogens with zero attached hydrogens (tertiary/aromatic N) is 5. The number of nitrogens with one attached hydrogen (secondary N) is 1. The Morgan fingerprint density at radius 3 is 2.73 bits per heavy atom. The average Bonchev–Trinajstić information content (AvgIpc) is 2.77. The van der Waals surface area contributed by atoms with Crippen LogP contribution in [0.5, 0.6) is 0 Å². The van der Waals surface area contributed by atoms with Gasteiger partial charge in [0.1, 0.15) is 5.52 Å². The molecular formula is C14H19N7O. The molecule has 0 aliphatic carbocycles. The lowest BCUT2D eigenvalue weighted by Crippen LogP contribution is -2.44. The van der Waals surface area contributed by atoms with E-state index in [1.54, 1.807) is 18.5 Å². The Hall–Kier alpha value is -2.53. The van der Waals surface area contributed by atoms with Crippen LogP contribution in [0.2, 0.25) is 0 Å². The summed E-state index contributed by atoms with van der Waals surface area (Å²) in [6, 6.07) is 0. The average molecular weight is 301 g/mol. The van der Waals surface area contributed by atoms with Gasteiger partial charge in [-0.1, -0.05) is 5.92 Å². The summed E-state index contributed by atoms with van der Waals surface area (Å²) in [5.41, 5.74) is 6.93. The van der Waals surface area contributed by atoms with Gasteiger partial charge >= 0.3 is 5.69 Å². The van der Waals surface area contributed by atoms with E-state index in [9.17, 15) is 4.79 Å². The molecule has 0 radical (unpaired) electrons. The molecule has 0 spiro atoms. The van der Waals surface area contributed by atoms with E-state index in [0.717, 1.165) is 26.2 Å². The van der Waals surface area contributed by atoms with E-state index in [4.69, 9.17) is 5.73 Å². The zero-order chi connectivity index (χ0) is 15.7. The number of rotatable bonds is 2. The minimum atomic E-state index is -0.158. The van der Waals surface area contributed by atoms with Crippen molar-refractivity contribution in [2.75, 3.05) is 36.8 Å². The summed E-state index contributed by atoms with van der Waals surface area (Å²) in [6.45, 7) is 5.44. The number of aromatic nitrogens is 4. The molecule has 1 fully saturated rings.